The molecule has 1 heterocycles. The second-order valence-electron chi connectivity index (χ2n) is 2.89. The summed E-state index contributed by atoms with van der Waals surface area (Å²) < 4.78 is 10.5. The zero-order valence-electron chi connectivity index (χ0n) is 5.93. The first kappa shape index (κ1) is 8.60. The van der Waals surface area contributed by atoms with Crippen molar-refractivity contribution in [2.75, 3.05) is 6.61 Å². The van der Waals surface area contributed by atoms with Gasteiger partial charge in [0.2, 0.25) is 0 Å². The normalized spacial score (nSPS) is 31.5. The molecule has 1 fully saturated rings. The lowest BCUT2D eigenvalue weighted by molar-refractivity contribution is -0.0681. The number of alkyl halides is 2. The van der Waals surface area contributed by atoms with E-state index in [2.05, 4.69) is 0 Å². The minimum Gasteiger partial charge on any atom is -0.347 e. The van der Waals surface area contributed by atoms with Crippen LogP contribution in [0.1, 0.15) is 13.8 Å². The van der Waals surface area contributed by atoms with Crippen molar-refractivity contribution in [3.05, 3.63) is 0 Å². The lowest BCUT2D eigenvalue weighted by Crippen LogP contribution is -2.24. The van der Waals surface area contributed by atoms with Crippen molar-refractivity contribution in [3.63, 3.8) is 0 Å². The first-order valence-electron chi connectivity index (χ1n) is 3.09. The summed E-state index contributed by atoms with van der Waals surface area (Å²) in [7, 11) is 0. The summed E-state index contributed by atoms with van der Waals surface area (Å²) in [6.07, 6.45) is -0.460. The molecule has 1 aliphatic rings. The molecule has 0 bridgehead atoms. The maximum absolute atomic E-state index is 5.53. The smallest absolute Gasteiger partial charge is 0.188 e. The molecule has 0 amide bonds. The number of halogens is 2. The largest absolute Gasteiger partial charge is 0.347 e. The molecule has 0 aliphatic carbocycles. The zero-order valence-corrected chi connectivity index (χ0v) is 7.45. The highest BCUT2D eigenvalue weighted by atomic mass is 35.5. The molecule has 2 nitrogen and oxygen atoms in total. The van der Waals surface area contributed by atoms with Crippen LogP contribution in [0.4, 0.5) is 0 Å². The highest BCUT2D eigenvalue weighted by Crippen LogP contribution is 2.27. The Kier molecular flexibility index (Phi) is 2.46. The third-order valence-corrected chi connectivity index (χ3v) is 1.65. The molecule has 0 aromatic rings. The van der Waals surface area contributed by atoms with Gasteiger partial charge in [0.15, 0.2) is 11.1 Å². The SMILES string of the molecule is CC1(C)COC(C(Cl)Cl)O1. The second-order valence-corrected chi connectivity index (χ2v) is 4.06. The van der Waals surface area contributed by atoms with Crippen LogP contribution < -0.4 is 0 Å². The number of hydrogen-bond donors (Lipinski definition) is 0. The van der Waals surface area contributed by atoms with E-state index in [0.717, 1.165) is 0 Å². The van der Waals surface area contributed by atoms with Crippen molar-refractivity contribution < 1.29 is 9.47 Å². The summed E-state index contributed by atoms with van der Waals surface area (Å²) in [5.74, 6) is 0. The summed E-state index contributed by atoms with van der Waals surface area (Å²) in [6.45, 7) is 4.42. The van der Waals surface area contributed by atoms with Gasteiger partial charge in [0.05, 0.1) is 12.2 Å². The van der Waals surface area contributed by atoms with Crippen molar-refractivity contribution in [1.29, 1.82) is 0 Å². The standard InChI is InChI=1S/C6H10Cl2O2/c1-6(2)3-9-5(10-6)4(7)8/h4-5H,3H2,1-2H3. The van der Waals surface area contributed by atoms with Gasteiger partial charge in [-0.3, -0.25) is 0 Å². The fourth-order valence-corrected chi connectivity index (χ4v) is 1.04. The van der Waals surface area contributed by atoms with Crippen LogP contribution in [0.25, 0.3) is 0 Å². The van der Waals surface area contributed by atoms with Crippen LogP contribution in [0.5, 0.6) is 0 Å². The Labute approximate surface area is 70.4 Å². The summed E-state index contributed by atoms with van der Waals surface area (Å²) in [6, 6.07) is 0. The number of ether oxygens (including phenoxy) is 2. The van der Waals surface area contributed by atoms with Crippen LogP contribution in [0, 0.1) is 0 Å². The van der Waals surface area contributed by atoms with E-state index < -0.39 is 11.1 Å². The van der Waals surface area contributed by atoms with E-state index in [9.17, 15) is 0 Å². The van der Waals surface area contributed by atoms with Gasteiger partial charge in [0.1, 0.15) is 0 Å². The first-order chi connectivity index (χ1) is 4.51. The molecule has 0 radical (unpaired) electrons. The highest BCUT2D eigenvalue weighted by Gasteiger charge is 2.35. The van der Waals surface area contributed by atoms with Gasteiger partial charge < -0.3 is 9.47 Å². The summed E-state index contributed by atoms with van der Waals surface area (Å²) in [5, 5.41) is 0. The summed E-state index contributed by atoms with van der Waals surface area (Å²) in [4.78, 5) is -0.596. The van der Waals surface area contributed by atoms with Gasteiger partial charge in [-0.1, -0.05) is 23.2 Å². The molecule has 1 unspecified atom stereocenters. The maximum atomic E-state index is 5.53. The Hall–Kier alpha value is 0.500. The van der Waals surface area contributed by atoms with E-state index in [4.69, 9.17) is 32.7 Å². The predicted molar refractivity (Wildman–Crippen MR) is 40.4 cm³/mol. The Bertz CT molecular complexity index is 125. The van der Waals surface area contributed by atoms with Gasteiger partial charge in [-0.2, -0.15) is 0 Å². The van der Waals surface area contributed by atoms with Crippen molar-refractivity contribution in [3.8, 4) is 0 Å². The Morgan fingerprint density at radius 3 is 2.30 bits per heavy atom. The van der Waals surface area contributed by atoms with E-state index >= 15 is 0 Å². The topological polar surface area (TPSA) is 18.5 Å². The third kappa shape index (κ3) is 1.99. The monoisotopic (exact) mass is 184 g/mol. The first-order valence-corrected chi connectivity index (χ1v) is 3.96. The average molecular weight is 185 g/mol. The minimum atomic E-state index is -0.596. The molecule has 1 saturated heterocycles. The minimum absolute atomic E-state index is 0.243. The van der Waals surface area contributed by atoms with Gasteiger partial charge >= 0.3 is 0 Å². The number of rotatable bonds is 1. The van der Waals surface area contributed by atoms with Crippen molar-refractivity contribution >= 4 is 23.2 Å². The summed E-state index contributed by atoms with van der Waals surface area (Å²) >= 11 is 11.1. The molecule has 1 atom stereocenters. The molecule has 10 heavy (non-hydrogen) atoms. The summed E-state index contributed by atoms with van der Waals surface area (Å²) in [5.41, 5.74) is -0.243. The molecule has 0 aromatic carbocycles. The average Bonchev–Trinajstić information content (AvgIpc) is 2.10. The lowest BCUT2D eigenvalue weighted by atomic mass is 10.2. The second kappa shape index (κ2) is 2.86. The molecule has 60 valence electrons. The van der Waals surface area contributed by atoms with Gasteiger partial charge in [0, 0.05) is 0 Å². The maximum Gasteiger partial charge on any atom is 0.188 e. The molecule has 1 aliphatic heterocycles. The quantitative estimate of drug-likeness (QED) is 0.581. The lowest BCUT2D eigenvalue weighted by Gasteiger charge is -2.15. The van der Waals surface area contributed by atoms with Crippen LogP contribution in [0.15, 0.2) is 0 Å². The van der Waals surface area contributed by atoms with E-state index in [0.29, 0.717) is 6.61 Å². The predicted octanol–water partition coefficient (Wildman–Crippen LogP) is 1.94. The fourth-order valence-electron chi connectivity index (χ4n) is 0.789. The molecule has 0 spiro atoms. The Morgan fingerprint density at radius 2 is 2.10 bits per heavy atom. The molecule has 1 rings (SSSR count). The molecule has 0 aromatic heterocycles. The van der Waals surface area contributed by atoms with Gasteiger partial charge in [-0.25, -0.2) is 0 Å². The van der Waals surface area contributed by atoms with Gasteiger partial charge in [-0.15, -0.1) is 0 Å². The highest BCUT2D eigenvalue weighted by molar-refractivity contribution is 6.44. The molecule has 0 N–H and O–H groups in total. The fraction of sp³-hybridized carbons (Fsp3) is 1.00. The van der Waals surface area contributed by atoms with Crippen molar-refractivity contribution in [1.82, 2.24) is 0 Å². The van der Waals surface area contributed by atoms with Gasteiger partial charge in [0.25, 0.3) is 0 Å². The third-order valence-electron chi connectivity index (χ3n) is 1.24. The van der Waals surface area contributed by atoms with E-state index in [1.54, 1.807) is 0 Å². The van der Waals surface area contributed by atoms with E-state index in [1.165, 1.54) is 0 Å². The van der Waals surface area contributed by atoms with Crippen LogP contribution in [-0.2, 0) is 9.47 Å². The molecule has 4 heteroatoms. The van der Waals surface area contributed by atoms with Crippen molar-refractivity contribution in [2.45, 2.75) is 30.6 Å². The molecule has 0 saturated carbocycles. The molecular weight excluding hydrogens is 175 g/mol. The Morgan fingerprint density at radius 1 is 1.50 bits per heavy atom. The van der Waals surface area contributed by atoms with Crippen LogP contribution in [-0.4, -0.2) is 23.3 Å². The van der Waals surface area contributed by atoms with Gasteiger partial charge in [-0.05, 0) is 13.8 Å². The van der Waals surface area contributed by atoms with Crippen molar-refractivity contribution in [2.24, 2.45) is 0 Å². The Balaban J connectivity index is 2.43. The van der Waals surface area contributed by atoms with Crippen LogP contribution >= 0.6 is 23.2 Å². The molecular formula is C6H10Cl2O2. The van der Waals surface area contributed by atoms with E-state index in [-0.39, 0.29) is 5.60 Å². The van der Waals surface area contributed by atoms with Crippen LogP contribution in [0.2, 0.25) is 0 Å². The van der Waals surface area contributed by atoms with E-state index in [1.807, 2.05) is 13.8 Å². The zero-order chi connectivity index (χ0) is 7.78. The van der Waals surface area contributed by atoms with Crippen LogP contribution in [0.3, 0.4) is 0 Å². The number of hydrogen-bond acceptors (Lipinski definition) is 2.